The summed E-state index contributed by atoms with van der Waals surface area (Å²) in [6.45, 7) is 4.03. The first-order valence-electron chi connectivity index (χ1n) is 11.9. The first-order chi connectivity index (χ1) is 17.1. The molecule has 1 atom stereocenters. The van der Waals surface area contributed by atoms with Crippen molar-refractivity contribution in [1.29, 1.82) is 0 Å². The molecule has 2 aromatic carbocycles. The van der Waals surface area contributed by atoms with Gasteiger partial charge in [0.05, 0.1) is 35.5 Å². The Kier molecular flexibility index (Phi) is 7.32. The molecule has 1 aromatic heterocycles. The van der Waals surface area contributed by atoms with Crippen LogP contribution in [0.3, 0.4) is 0 Å². The zero-order valence-electron chi connectivity index (χ0n) is 19.6. The van der Waals surface area contributed by atoms with Crippen molar-refractivity contribution < 1.29 is 14.3 Å². The minimum absolute atomic E-state index is 0.0571. The van der Waals surface area contributed by atoms with Gasteiger partial charge in [0.1, 0.15) is 10.1 Å². The Morgan fingerprint density at radius 2 is 2.00 bits per heavy atom. The minimum atomic E-state index is -0.0720. The number of hydrogen-bond donors (Lipinski definition) is 0. The van der Waals surface area contributed by atoms with E-state index in [9.17, 15) is 4.79 Å². The summed E-state index contributed by atoms with van der Waals surface area (Å²) in [5.74, 6) is 0.756. The van der Waals surface area contributed by atoms with Gasteiger partial charge < -0.3 is 9.47 Å². The van der Waals surface area contributed by atoms with Gasteiger partial charge in [0.25, 0.3) is 5.91 Å². The smallest absolute Gasteiger partial charge is 0.266 e. The first kappa shape index (κ1) is 23.8. The highest BCUT2D eigenvalue weighted by Crippen LogP contribution is 2.36. The second kappa shape index (κ2) is 10.8. The van der Waals surface area contributed by atoms with E-state index >= 15 is 0 Å². The lowest BCUT2D eigenvalue weighted by Gasteiger charge is -2.18. The van der Waals surface area contributed by atoms with Crippen molar-refractivity contribution in [2.24, 2.45) is 0 Å². The van der Waals surface area contributed by atoms with E-state index in [1.54, 1.807) is 4.90 Å². The van der Waals surface area contributed by atoms with Gasteiger partial charge in [-0.15, -0.1) is 0 Å². The van der Waals surface area contributed by atoms with Crippen LogP contribution in [0.15, 0.2) is 65.7 Å². The monoisotopic (exact) mass is 505 g/mol. The summed E-state index contributed by atoms with van der Waals surface area (Å²) < 4.78 is 13.9. The maximum Gasteiger partial charge on any atom is 0.266 e. The standard InChI is InChI=1S/C27H27N3O3S2/c1-2-14-32-22-12-10-19(11-13-22)25-20(17-30(28-25)21-7-4-3-5-8-21)16-24-26(31)29(27(34)35-24)18-23-9-6-15-33-23/h3-5,7-8,10-13,16-17,23H,2,6,9,14-15,18H2,1H3/b24-16-/t23-/m0/s1. The Morgan fingerprint density at radius 3 is 2.71 bits per heavy atom. The van der Waals surface area contributed by atoms with Crippen LogP contribution in [0.2, 0.25) is 0 Å². The van der Waals surface area contributed by atoms with Crippen molar-refractivity contribution in [1.82, 2.24) is 14.7 Å². The molecule has 0 aliphatic carbocycles. The number of rotatable bonds is 8. The maximum atomic E-state index is 13.2. The Labute approximate surface area is 214 Å². The van der Waals surface area contributed by atoms with Crippen LogP contribution < -0.4 is 4.74 Å². The van der Waals surface area contributed by atoms with Crippen molar-refractivity contribution in [2.75, 3.05) is 19.8 Å². The van der Waals surface area contributed by atoms with Crippen LogP contribution in [0.25, 0.3) is 23.0 Å². The third kappa shape index (κ3) is 5.34. The molecule has 6 nitrogen and oxygen atoms in total. The first-order valence-corrected chi connectivity index (χ1v) is 13.1. The lowest BCUT2D eigenvalue weighted by atomic mass is 10.1. The van der Waals surface area contributed by atoms with Crippen molar-refractivity contribution in [3.05, 3.63) is 71.3 Å². The number of hydrogen-bond acceptors (Lipinski definition) is 6. The normalized spacial score (nSPS) is 19.2. The fraction of sp³-hybridized carbons (Fsp3) is 0.296. The van der Waals surface area contributed by atoms with E-state index in [4.69, 9.17) is 26.8 Å². The molecule has 2 aliphatic rings. The Hall–Kier alpha value is -2.94. The van der Waals surface area contributed by atoms with E-state index < -0.39 is 0 Å². The predicted octanol–water partition coefficient (Wildman–Crippen LogP) is 5.71. The summed E-state index contributed by atoms with van der Waals surface area (Å²) in [4.78, 5) is 15.5. The van der Waals surface area contributed by atoms with Crippen LogP contribution >= 0.6 is 24.0 Å². The second-order valence-electron chi connectivity index (χ2n) is 8.51. The number of thiocarbonyl (C=S) groups is 1. The molecule has 3 aromatic rings. The zero-order valence-corrected chi connectivity index (χ0v) is 21.2. The van der Waals surface area contributed by atoms with Crippen LogP contribution in [-0.2, 0) is 9.53 Å². The number of thioether (sulfide) groups is 1. The molecule has 35 heavy (non-hydrogen) atoms. The van der Waals surface area contributed by atoms with Crippen molar-refractivity contribution >= 4 is 40.3 Å². The molecule has 3 heterocycles. The number of benzene rings is 2. The van der Waals surface area contributed by atoms with Gasteiger partial charge in [0.2, 0.25) is 0 Å². The van der Waals surface area contributed by atoms with E-state index in [1.807, 2.05) is 71.6 Å². The molecule has 2 saturated heterocycles. The molecule has 5 rings (SSSR count). The summed E-state index contributed by atoms with van der Waals surface area (Å²) in [7, 11) is 0. The topological polar surface area (TPSA) is 56.6 Å². The molecular formula is C27H27N3O3S2. The lowest BCUT2D eigenvalue weighted by molar-refractivity contribution is -0.123. The molecule has 0 bridgehead atoms. The van der Waals surface area contributed by atoms with Gasteiger partial charge in [0.15, 0.2) is 0 Å². The molecule has 0 saturated carbocycles. The zero-order chi connectivity index (χ0) is 24.2. The number of aromatic nitrogens is 2. The van der Waals surface area contributed by atoms with Gasteiger partial charge in [-0.05, 0) is 61.7 Å². The Balaban J connectivity index is 1.47. The summed E-state index contributed by atoms with van der Waals surface area (Å²) in [6.07, 6.45) is 6.86. The molecule has 2 fully saturated rings. The van der Waals surface area contributed by atoms with Gasteiger partial charge in [-0.1, -0.05) is 49.1 Å². The SMILES string of the molecule is CCCOc1ccc(-c2nn(-c3ccccc3)cc2/C=C2\SC(=S)N(C[C@@H]3CCCO3)C2=O)cc1. The summed E-state index contributed by atoms with van der Waals surface area (Å²) in [5, 5.41) is 4.88. The van der Waals surface area contributed by atoms with Crippen LogP contribution in [-0.4, -0.2) is 50.8 Å². The van der Waals surface area contributed by atoms with Gasteiger partial charge in [-0.25, -0.2) is 4.68 Å². The molecular weight excluding hydrogens is 478 g/mol. The molecule has 0 N–H and O–H groups in total. The maximum absolute atomic E-state index is 13.2. The quantitative estimate of drug-likeness (QED) is 0.289. The van der Waals surface area contributed by atoms with E-state index in [2.05, 4.69) is 6.92 Å². The van der Waals surface area contributed by atoms with E-state index in [1.165, 1.54) is 11.8 Å². The second-order valence-corrected chi connectivity index (χ2v) is 10.2. The van der Waals surface area contributed by atoms with Crippen LogP contribution in [0, 0.1) is 0 Å². The Bertz CT molecular complexity index is 1230. The molecule has 0 unspecified atom stereocenters. The highest BCUT2D eigenvalue weighted by Gasteiger charge is 2.35. The molecule has 8 heteroatoms. The van der Waals surface area contributed by atoms with Gasteiger partial charge in [-0.3, -0.25) is 9.69 Å². The molecule has 0 spiro atoms. The van der Waals surface area contributed by atoms with Crippen molar-refractivity contribution in [2.45, 2.75) is 32.3 Å². The molecule has 1 amide bonds. The third-order valence-electron chi connectivity index (χ3n) is 5.93. The predicted molar refractivity (Wildman–Crippen MR) is 144 cm³/mol. The van der Waals surface area contributed by atoms with Crippen molar-refractivity contribution in [3.8, 4) is 22.7 Å². The molecule has 180 valence electrons. The number of amides is 1. The summed E-state index contributed by atoms with van der Waals surface area (Å²) in [6, 6.07) is 17.9. The van der Waals surface area contributed by atoms with Crippen molar-refractivity contribution in [3.63, 3.8) is 0 Å². The fourth-order valence-electron chi connectivity index (χ4n) is 4.15. The van der Waals surface area contributed by atoms with E-state index in [-0.39, 0.29) is 12.0 Å². The number of carbonyl (C=O) groups excluding carboxylic acids is 1. The highest BCUT2D eigenvalue weighted by atomic mass is 32.2. The van der Waals surface area contributed by atoms with Crippen LogP contribution in [0.1, 0.15) is 31.7 Å². The van der Waals surface area contributed by atoms with Crippen LogP contribution in [0.4, 0.5) is 0 Å². The summed E-state index contributed by atoms with van der Waals surface area (Å²) in [5.41, 5.74) is 3.54. The minimum Gasteiger partial charge on any atom is -0.494 e. The fourth-order valence-corrected chi connectivity index (χ4v) is 5.42. The number of ether oxygens (including phenoxy) is 2. The lowest BCUT2D eigenvalue weighted by Crippen LogP contribution is -2.35. The average molecular weight is 506 g/mol. The molecule has 2 aliphatic heterocycles. The van der Waals surface area contributed by atoms with Crippen LogP contribution in [0.5, 0.6) is 5.75 Å². The number of nitrogens with zero attached hydrogens (tertiary/aromatic N) is 3. The highest BCUT2D eigenvalue weighted by molar-refractivity contribution is 8.26. The van der Waals surface area contributed by atoms with E-state index in [0.717, 1.165) is 54.1 Å². The molecule has 0 radical (unpaired) electrons. The summed E-state index contributed by atoms with van der Waals surface area (Å²) >= 11 is 6.88. The number of carbonyl (C=O) groups is 1. The number of para-hydroxylation sites is 1. The van der Waals surface area contributed by atoms with Gasteiger partial charge in [0, 0.05) is 23.9 Å². The Morgan fingerprint density at radius 1 is 1.20 bits per heavy atom. The van der Waals surface area contributed by atoms with Gasteiger partial charge in [-0.2, -0.15) is 5.10 Å². The van der Waals surface area contributed by atoms with E-state index in [0.29, 0.717) is 22.4 Å². The van der Waals surface area contributed by atoms with Gasteiger partial charge >= 0.3 is 0 Å². The average Bonchev–Trinajstić information content (AvgIpc) is 3.61. The largest absolute Gasteiger partial charge is 0.494 e. The third-order valence-corrected chi connectivity index (χ3v) is 7.31.